The molecule has 0 saturated heterocycles. The standard InChI is InChI=1S/C16H17NO3.C11H10FN3O/c1-17-13-11-12(5-9-16(19)7-2-8-16)3-4-14(13)20-10-6-15(17)18;12-10-3-1-8(2-4-10)5-9-6-14-15(7-9)11(13)16/h3-4,11,19H,2,6-8,10H2,1H3;1-4,6-7H,5H2,(H2,13,16). The van der Waals surface area contributed by atoms with Crippen molar-refractivity contribution in [1.29, 1.82) is 0 Å². The van der Waals surface area contributed by atoms with Crippen LogP contribution >= 0.6 is 0 Å². The number of carbonyl (C=O) groups excluding carboxylic acids is 2. The smallest absolute Gasteiger partial charge is 0.339 e. The Morgan fingerprint density at radius 3 is 2.61 bits per heavy atom. The number of fused-ring (bicyclic) bond motifs is 1. The van der Waals surface area contributed by atoms with Crippen molar-refractivity contribution < 1.29 is 23.8 Å². The van der Waals surface area contributed by atoms with Crippen LogP contribution in [0.2, 0.25) is 0 Å². The molecular formula is C27H27FN4O4. The third-order valence-electron chi connectivity index (χ3n) is 6.07. The van der Waals surface area contributed by atoms with E-state index in [1.54, 1.807) is 36.5 Å². The summed E-state index contributed by atoms with van der Waals surface area (Å²) in [5.41, 5.74) is 7.56. The molecule has 0 spiro atoms. The number of nitrogens with zero attached hydrogens (tertiary/aromatic N) is 3. The van der Waals surface area contributed by atoms with E-state index < -0.39 is 11.6 Å². The Morgan fingerprint density at radius 2 is 1.97 bits per heavy atom. The summed E-state index contributed by atoms with van der Waals surface area (Å²) >= 11 is 0. The van der Waals surface area contributed by atoms with Gasteiger partial charge in [-0.05, 0) is 60.7 Å². The molecule has 1 aliphatic heterocycles. The van der Waals surface area contributed by atoms with Gasteiger partial charge in [0.2, 0.25) is 5.91 Å². The number of hydrogen-bond donors (Lipinski definition) is 2. The highest BCUT2D eigenvalue weighted by atomic mass is 19.1. The molecule has 186 valence electrons. The van der Waals surface area contributed by atoms with Gasteiger partial charge in [-0.2, -0.15) is 9.78 Å². The number of primary amides is 1. The summed E-state index contributed by atoms with van der Waals surface area (Å²) in [6.45, 7) is 0.404. The first-order valence-corrected chi connectivity index (χ1v) is 11.6. The average molecular weight is 491 g/mol. The third-order valence-corrected chi connectivity index (χ3v) is 6.07. The van der Waals surface area contributed by atoms with Gasteiger partial charge in [-0.25, -0.2) is 9.18 Å². The predicted molar refractivity (Wildman–Crippen MR) is 132 cm³/mol. The molecule has 0 radical (unpaired) electrons. The molecule has 0 atom stereocenters. The number of nitrogens with two attached hydrogens (primary N) is 1. The Kier molecular flexibility index (Phi) is 7.36. The van der Waals surface area contributed by atoms with Crippen LogP contribution in [0.5, 0.6) is 5.75 Å². The second-order valence-electron chi connectivity index (χ2n) is 8.80. The van der Waals surface area contributed by atoms with Gasteiger partial charge in [0.05, 0.1) is 24.9 Å². The van der Waals surface area contributed by atoms with E-state index in [9.17, 15) is 19.1 Å². The lowest BCUT2D eigenvalue weighted by molar-refractivity contribution is -0.118. The maximum atomic E-state index is 12.7. The summed E-state index contributed by atoms with van der Waals surface area (Å²) in [5, 5.41) is 13.8. The van der Waals surface area contributed by atoms with Crippen molar-refractivity contribution in [2.75, 3.05) is 18.6 Å². The van der Waals surface area contributed by atoms with Crippen LogP contribution in [0.3, 0.4) is 0 Å². The first-order valence-electron chi connectivity index (χ1n) is 11.6. The number of carbonyl (C=O) groups is 2. The van der Waals surface area contributed by atoms with Crippen LogP contribution in [0.25, 0.3) is 0 Å². The summed E-state index contributed by atoms with van der Waals surface area (Å²) in [4.78, 5) is 24.2. The molecular weight excluding hydrogens is 463 g/mol. The van der Waals surface area contributed by atoms with Gasteiger partial charge in [0.25, 0.3) is 0 Å². The van der Waals surface area contributed by atoms with Crippen LogP contribution in [0.15, 0.2) is 54.9 Å². The fraction of sp³-hybridized carbons (Fsp3) is 0.296. The molecule has 5 rings (SSSR count). The minimum Gasteiger partial charge on any atom is -0.491 e. The first kappa shape index (κ1) is 24.9. The molecule has 2 aromatic carbocycles. The lowest BCUT2D eigenvalue weighted by Gasteiger charge is -2.30. The van der Waals surface area contributed by atoms with E-state index in [1.807, 2.05) is 18.2 Å². The monoisotopic (exact) mass is 490 g/mol. The highest BCUT2D eigenvalue weighted by Gasteiger charge is 2.32. The van der Waals surface area contributed by atoms with Gasteiger partial charge in [-0.3, -0.25) is 4.79 Å². The van der Waals surface area contributed by atoms with Gasteiger partial charge in [-0.15, -0.1) is 0 Å². The van der Waals surface area contributed by atoms with Gasteiger partial charge >= 0.3 is 6.03 Å². The number of anilines is 1. The fourth-order valence-corrected chi connectivity index (χ4v) is 3.76. The van der Waals surface area contributed by atoms with Crippen molar-refractivity contribution in [2.24, 2.45) is 5.73 Å². The maximum absolute atomic E-state index is 12.7. The van der Waals surface area contributed by atoms with E-state index in [1.165, 1.54) is 12.1 Å². The zero-order valence-electron chi connectivity index (χ0n) is 19.9. The zero-order chi connectivity index (χ0) is 25.7. The largest absolute Gasteiger partial charge is 0.491 e. The molecule has 2 aliphatic rings. The van der Waals surface area contributed by atoms with E-state index in [0.717, 1.165) is 46.3 Å². The zero-order valence-corrected chi connectivity index (χ0v) is 19.9. The van der Waals surface area contributed by atoms with Crippen molar-refractivity contribution in [1.82, 2.24) is 9.78 Å². The summed E-state index contributed by atoms with van der Waals surface area (Å²) in [7, 11) is 1.74. The Morgan fingerprint density at radius 1 is 1.22 bits per heavy atom. The molecule has 1 fully saturated rings. The molecule has 1 aliphatic carbocycles. The quantitative estimate of drug-likeness (QED) is 0.536. The molecule has 0 unspecified atom stereocenters. The Balaban J connectivity index is 0.000000174. The molecule has 8 nitrogen and oxygen atoms in total. The molecule has 0 bridgehead atoms. The van der Waals surface area contributed by atoms with E-state index in [0.29, 0.717) is 25.2 Å². The maximum Gasteiger partial charge on any atom is 0.339 e. The molecule has 1 saturated carbocycles. The highest BCUT2D eigenvalue weighted by Crippen LogP contribution is 2.33. The van der Waals surface area contributed by atoms with Crippen LogP contribution in [0.4, 0.5) is 14.9 Å². The third kappa shape index (κ3) is 6.09. The van der Waals surface area contributed by atoms with Crippen LogP contribution in [0, 0.1) is 17.7 Å². The number of halogens is 1. The number of ether oxygens (including phenoxy) is 1. The average Bonchev–Trinajstić information content (AvgIpc) is 3.27. The summed E-state index contributed by atoms with van der Waals surface area (Å²) in [6, 6.07) is 11.1. The minimum atomic E-state index is -0.814. The lowest BCUT2D eigenvalue weighted by atomic mass is 9.81. The van der Waals surface area contributed by atoms with E-state index >= 15 is 0 Å². The second-order valence-corrected chi connectivity index (χ2v) is 8.80. The van der Waals surface area contributed by atoms with Crippen molar-refractivity contribution in [3.63, 3.8) is 0 Å². The Bertz CT molecular complexity index is 1320. The molecule has 9 heteroatoms. The van der Waals surface area contributed by atoms with Crippen molar-refractivity contribution in [3.05, 3.63) is 77.4 Å². The van der Waals surface area contributed by atoms with Crippen LogP contribution in [-0.2, 0) is 11.2 Å². The van der Waals surface area contributed by atoms with Crippen molar-refractivity contribution >= 4 is 17.6 Å². The number of aliphatic hydroxyl groups is 1. The van der Waals surface area contributed by atoms with Gasteiger partial charge in [0, 0.05) is 25.2 Å². The topological polar surface area (TPSA) is 111 Å². The van der Waals surface area contributed by atoms with Gasteiger partial charge in [0.15, 0.2) is 0 Å². The normalized spacial score (nSPS) is 15.6. The van der Waals surface area contributed by atoms with Gasteiger partial charge in [0.1, 0.15) is 17.2 Å². The van der Waals surface area contributed by atoms with E-state index in [2.05, 4.69) is 16.9 Å². The van der Waals surface area contributed by atoms with E-state index in [-0.39, 0.29) is 11.7 Å². The van der Waals surface area contributed by atoms with Crippen LogP contribution in [0.1, 0.15) is 42.4 Å². The number of hydrogen-bond acceptors (Lipinski definition) is 5. The molecule has 2 amide bonds. The molecule has 3 N–H and O–H groups in total. The van der Waals surface area contributed by atoms with Crippen molar-refractivity contribution in [2.45, 2.75) is 37.7 Å². The van der Waals surface area contributed by atoms with Gasteiger partial charge in [-0.1, -0.05) is 24.0 Å². The Labute approximate surface area is 208 Å². The first-order chi connectivity index (χ1) is 17.2. The van der Waals surface area contributed by atoms with Gasteiger partial charge < -0.3 is 20.5 Å². The number of amides is 2. The minimum absolute atomic E-state index is 0.0338. The summed E-state index contributed by atoms with van der Waals surface area (Å²) in [5.74, 6) is 6.39. The summed E-state index contributed by atoms with van der Waals surface area (Å²) in [6.07, 6.45) is 6.61. The fourth-order valence-electron chi connectivity index (χ4n) is 3.76. The summed E-state index contributed by atoms with van der Waals surface area (Å²) < 4.78 is 19.3. The Hall–Kier alpha value is -4.16. The molecule has 1 aromatic heterocycles. The molecule has 3 aromatic rings. The van der Waals surface area contributed by atoms with Crippen LogP contribution in [-0.4, -0.2) is 46.1 Å². The number of aromatic nitrogens is 2. The molecule has 2 heterocycles. The lowest BCUT2D eigenvalue weighted by Crippen LogP contribution is -2.34. The SMILES string of the molecule is CN1C(=O)CCOc2ccc(C#CC3(O)CCC3)cc21.NC(=O)n1cc(Cc2ccc(F)cc2)cn1. The highest BCUT2D eigenvalue weighted by molar-refractivity contribution is 5.95. The number of benzene rings is 2. The van der Waals surface area contributed by atoms with Crippen molar-refractivity contribution in [3.8, 4) is 17.6 Å². The molecule has 36 heavy (non-hydrogen) atoms. The number of rotatable bonds is 2. The second kappa shape index (κ2) is 10.6. The van der Waals surface area contributed by atoms with Crippen LogP contribution < -0.4 is 15.4 Å². The predicted octanol–water partition coefficient (Wildman–Crippen LogP) is 3.24. The van der Waals surface area contributed by atoms with E-state index in [4.69, 9.17) is 10.5 Å².